The molecule has 0 fully saturated rings. The number of ether oxygens (including phenoxy) is 2. The molecule has 0 saturated heterocycles. The summed E-state index contributed by atoms with van der Waals surface area (Å²) in [4.78, 5) is 8.18. The van der Waals surface area contributed by atoms with Gasteiger partial charge < -0.3 is 9.47 Å². The highest BCUT2D eigenvalue weighted by Crippen LogP contribution is 2.28. The Hall–Kier alpha value is -2.10. The van der Waals surface area contributed by atoms with Crippen LogP contribution in [0.4, 0.5) is 0 Å². The van der Waals surface area contributed by atoms with Crippen LogP contribution in [0.2, 0.25) is 0 Å². The van der Waals surface area contributed by atoms with Gasteiger partial charge in [-0.2, -0.15) is 4.98 Å². The number of hydrogen-bond acceptors (Lipinski definition) is 4. The van der Waals surface area contributed by atoms with Crippen LogP contribution in [-0.2, 0) is 0 Å². The van der Waals surface area contributed by atoms with E-state index in [1.165, 1.54) is 7.11 Å². The summed E-state index contributed by atoms with van der Waals surface area (Å²) in [7, 11) is 3.09. The first-order valence-electron chi connectivity index (χ1n) is 4.76. The van der Waals surface area contributed by atoms with Crippen LogP contribution in [0.3, 0.4) is 0 Å². The number of nitrogens with zero attached hydrogens (tertiary/aromatic N) is 2. The first-order chi connectivity index (χ1) is 7.85. The van der Waals surface area contributed by atoms with Crippen molar-refractivity contribution in [1.82, 2.24) is 9.97 Å². The molecule has 1 heterocycles. The maximum atomic E-state index is 5.20. The number of rotatable bonds is 3. The highest BCUT2D eigenvalue weighted by Gasteiger charge is 2.09. The molecule has 0 bridgehead atoms. The zero-order valence-electron chi connectivity index (χ0n) is 9.10. The molecule has 2 rings (SSSR count). The number of methoxy groups -OCH3 is 2. The van der Waals surface area contributed by atoms with Crippen molar-refractivity contribution >= 4 is 0 Å². The van der Waals surface area contributed by atoms with E-state index in [0.717, 1.165) is 11.1 Å². The molecule has 0 N–H and O–H groups in total. The van der Waals surface area contributed by atoms with Gasteiger partial charge in [-0.3, -0.25) is 0 Å². The van der Waals surface area contributed by atoms with E-state index in [0.29, 0.717) is 11.9 Å². The summed E-state index contributed by atoms with van der Waals surface area (Å²) in [5.74, 6) is 0.498. The molecular weight excluding hydrogens is 204 g/mol. The van der Waals surface area contributed by atoms with E-state index >= 15 is 0 Å². The average molecular weight is 215 g/mol. The van der Waals surface area contributed by atoms with Gasteiger partial charge in [-0.05, 0) is 11.6 Å². The molecule has 1 aromatic carbocycles. The summed E-state index contributed by atoms with van der Waals surface area (Å²) in [5, 5.41) is 0. The van der Waals surface area contributed by atoms with Gasteiger partial charge in [0.1, 0.15) is 0 Å². The quantitative estimate of drug-likeness (QED) is 0.785. The van der Waals surface area contributed by atoms with Crippen LogP contribution in [0.1, 0.15) is 0 Å². The molecule has 1 aromatic heterocycles. The van der Waals surface area contributed by atoms with Crippen LogP contribution in [0.15, 0.2) is 30.5 Å². The Morgan fingerprint density at radius 3 is 2.50 bits per heavy atom. The Bertz CT molecular complexity index is 472. The molecule has 0 aliphatic heterocycles. The molecule has 4 heteroatoms. The van der Waals surface area contributed by atoms with E-state index < -0.39 is 0 Å². The zero-order chi connectivity index (χ0) is 11.4. The van der Waals surface area contributed by atoms with Gasteiger partial charge in [0, 0.05) is 6.20 Å². The van der Waals surface area contributed by atoms with Crippen molar-refractivity contribution in [3.8, 4) is 23.0 Å². The molecule has 0 saturated carbocycles. The number of benzene rings is 1. The van der Waals surface area contributed by atoms with Gasteiger partial charge in [0.25, 0.3) is 0 Å². The van der Waals surface area contributed by atoms with E-state index in [1.54, 1.807) is 13.3 Å². The maximum absolute atomic E-state index is 5.20. The first-order valence-corrected chi connectivity index (χ1v) is 4.76. The molecule has 0 spiro atoms. The predicted octanol–water partition coefficient (Wildman–Crippen LogP) is 1.96. The highest BCUT2D eigenvalue weighted by atomic mass is 16.5. The zero-order valence-corrected chi connectivity index (χ0v) is 9.10. The van der Waals surface area contributed by atoms with Crippen LogP contribution >= 0.6 is 0 Å². The summed E-state index contributed by atoms with van der Waals surface area (Å²) in [5.41, 5.74) is 1.82. The van der Waals surface area contributed by atoms with Crippen molar-refractivity contribution in [2.75, 3.05) is 14.2 Å². The standard InChI is InChI=1S/C12H11N2O2/c1-15-11-10(8-13-12(14-11)16-2)9-6-4-3-5-7-9/h4-8H,1-2H3. The van der Waals surface area contributed by atoms with Crippen LogP contribution in [0.25, 0.3) is 11.1 Å². The maximum Gasteiger partial charge on any atom is 0.319 e. The Balaban J connectivity index is 2.49. The SMILES string of the molecule is COc1ncc(-c2cc[c]cc2)c(OC)n1. The minimum atomic E-state index is 0.295. The monoisotopic (exact) mass is 215 g/mol. The Labute approximate surface area is 93.9 Å². The summed E-state index contributed by atoms with van der Waals surface area (Å²) >= 11 is 0. The third kappa shape index (κ3) is 1.95. The molecule has 0 atom stereocenters. The van der Waals surface area contributed by atoms with Crippen molar-refractivity contribution in [3.05, 3.63) is 36.5 Å². The van der Waals surface area contributed by atoms with Crippen LogP contribution in [0, 0.1) is 6.07 Å². The molecular formula is C12H11N2O2. The molecule has 0 aliphatic rings. The van der Waals surface area contributed by atoms with E-state index in [4.69, 9.17) is 9.47 Å². The van der Waals surface area contributed by atoms with Gasteiger partial charge in [0.15, 0.2) is 0 Å². The average Bonchev–Trinajstić information content (AvgIpc) is 2.39. The fourth-order valence-electron chi connectivity index (χ4n) is 1.37. The minimum absolute atomic E-state index is 0.295. The van der Waals surface area contributed by atoms with Gasteiger partial charge in [-0.25, -0.2) is 4.98 Å². The van der Waals surface area contributed by atoms with E-state index in [9.17, 15) is 0 Å². The fourth-order valence-corrected chi connectivity index (χ4v) is 1.37. The Morgan fingerprint density at radius 1 is 1.12 bits per heavy atom. The summed E-state index contributed by atoms with van der Waals surface area (Å²) in [6.07, 6.45) is 1.68. The lowest BCUT2D eigenvalue weighted by Gasteiger charge is -2.07. The minimum Gasteiger partial charge on any atom is -0.480 e. The summed E-state index contributed by atoms with van der Waals surface area (Å²) in [6.45, 7) is 0. The smallest absolute Gasteiger partial charge is 0.319 e. The fraction of sp³-hybridized carbons (Fsp3) is 0.167. The largest absolute Gasteiger partial charge is 0.480 e. The van der Waals surface area contributed by atoms with Crippen molar-refractivity contribution in [2.45, 2.75) is 0 Å². The Kier molecular flexibility index (Phi) is 3.00. The molecule has 81 valence electrons. The van der Waals surface area contributed by atoms with E-state index in [2.05, 4.69) is 16.0 Å². The third-order valence-electron chi connectivity index (χ3n) is 2.14. The van der Waals surface area contributed by atoms with Gasteiger partial charge in [-0.15, -0.1) is 0 Å². The number of aromatic nitrogens is 2. The predicted molar refractivity (Wildman–Crippen MR) is 59.4 cm³/mol. The van der Waals surface area contributed by atoms with Crippen molar-refractivity contribution in [2.24, 2.45) is 0 Å². The molecule has 0 amide bonds. The Morgan fingerprint density at radius 2 is 1.88 bits per heavy atom. The van der Waals surface area contributed by atoms with Crippen molar-refractivity contribution in [3.63, 3.8) is 0 Å². The molecule has 16 heavy (non-hydrogen) atoms. The van der Waals surface area contributed by atoms with Gasteiger partial charge in [-0.1, -0.05) is 24.3 Å². The number of hydrogen-bond donors (Lipinski definition) is 0. The van der Waals surface area contributed by atoms with Crippen LogP contribution in [-0.4, -0.2) is 24.2 Å². The van der Waals surface area contributed by atoms with Gasteiger partial charge >= 0.3 is 6.01 Å². The summed E-state index contributed by atoms with van der Waals surface area (Å²) in [6, 6.07) is 10.8. The van der Waals surface area contributed by atoms with Gasteiger partial charge in [0.2, 0.25) is 5.88 Å². The highest BCUT2D eigenvalue weighted by molar-refractivity contribution is 5.67. The van der Waals surface area contributed by atoms with Crippen LogP contribution < -0.4 is 9.47 Å². The third-order valence-corrected chi connectivity index (χ3v) is 2.14. The van der Waals surface area contributed by atoms with Crippen LogP contribution in [0.5, 0.6) is 11.9 Å². The molecule has 1 radical (unpaired) electrons. The topological polar surface area (TPSA) is 44.2 Å². The summed E-state index contributed by atoms with van der Waals surface area (Å²) < 4.78 is 10.1. The molecule has 2 aromatic rings. The van der Waals surface area contributed by atoms with E-state index in [1.807, 2.05) is 24.3 Å². The first kappa shape index (κ1) is 10.4. The van der Waals surface area contributed by atoms with Gasteiger partial charge in [0.05, 0.1) is 19.8 Å². The lowest BCUT2D eigenvalue weighted by Crippen LogP contribution is -1.97. The molecule has 0 aliphatic carbocycles. The second-order valence-electron chi connectivity index (χ2n) is 3.07. The van der Waals surface area contributed by atoms with E-state index in [-0.39, 0.29) is 0 Å². The normalized spacial score (nSPS) is 9.88. The second kappa shape index (κ2) is 4.61. The van der Waals surface area contributed by atoms with Crippen molar-refractivity contribution < 1.29 is 9.47 Å². The lowest BCUT2D eigenvalue weighted by molar-refractivity contribution is 0.353. The lowest BCUT2D eigenvalue weighted by atomic mass is 10.1. The second-order valence-corrected chi connectivity index (χ2v) is 3.07. The van der Waals surface area contributed by atoms with Crippen molar-refractivity contribution in [1.29, 1.82) is 0 Å². The molecule has 0 unspecified atom stereocenters. The molecule has 4 nitrogen and oxygen atoms in total.